The SMILES string of the molecule is COC(=O)C1COCCN1c1cc(OC)ccc1[N+](=O)[O-]. The number of morpholine rings is 1. The molecular weight excluding hydrogens is 280 g/mol. The Balaban J connectivity index is 2.45. The van der Waals surface area contributed by atoms with Gasteiger partial charge in [0, 0.05) is 18.7 Å². The second-order valence-corrected chi connectivity index (χ2v) is 4.42. The first-order valence-electron chi connectivity index (χ1n) is 6.33. The van der Waals surface area contributed by atoms with Crippen molar-refractivity contribution < 1.29 is 23.9 Å². The number of nitrogens with zero attached hydrogens (tertiary/aromatic N) is 2. The van der Waals surface area contributed by atoms with E-state index in [9.17, 15) is 14.9 Å². The molecule has 0 bridgehead atoms. The lowest BCUT2D eigenvalue weighted by molar-refractivity contribution is -0.384. The molecule has 0 saturated carbocycles. The first-order chi connectivity index (χ1) is 10.1. The van der Waals surface area contributed by atoms with Crippen LogP contribution in [0.2, 0.25) is 0 Å². The van der Waals surface area contributed by atoms with Gasteiger partial charge in [-0.1, -0.05) is 0 Å². The molecule has 0 amide bonds. The Kier molecular flexibility index (Phi) is 4.59. The molecular formula is C13H16N2O6. The van der Waals surface area contributed by atoms with Gasteiger partial charge in [0.1, 0.15) is 11.4 Å². The standard InChI is InChI=1S/C13H16N2O6/c1-19-9-3-4-10(15(17)18)11(7-9)14-5-6-21-8-12(14)13(16)20-2/h3-4,7,12H,5-6,8H2,1-2H3. The van der Waals surface area contributed by atoms with E-state index in [1.54, 1.807) is 11.0 Å². The fourth-order valence-corrected chi connectivity index (χ4v) is 2.24. The Labute approximate surface area is 121 Å². The molecule has 1 saturated heterocycles. The molecule has 1 aromatic rings. The first-order valence-corrected chi connectivity index (χ1v) is 6.33. The van der Waals surface area contributed by atoms with Crippen LogP contribution in [0.5, 0.6) is 5.75 Å². The van der Waals surface area contributed by atoms with Crippen molar-refractivity contribution in [3.63, 3.8) is 0 Å². The summed E-state index contributed by atoms with van der Waals surface area (Å²) in [5, 5.41) is 11.2. The number of hydrogen-bond acceptors (Lipinski definition) is 7. The van der Waals surface area contributed by atoms with E-state index >= 15 is 0 Å². The number of hydrogen-bond donors (Lipinski definition) is 0. The Morgan fingerprint density at radius 3 is 2.86 bits per heavy atom. The van der Waals surface area contributed by atoms with Gasteiger partial charge in [0.05, 0.1) is 32.4 Å². The van der Waals surface area contributed by atoms with Crippen LogP contribution in [-0.4, -0.2) is 50.9 Å². The summed E-state index contributed by atoms with van der Waals surface area (Å²) in [6.07, 6.45) is 0. The summed E-state index contributed by atoms with van der Waals surface area (Å²) in [4.78, 5) is 24.2. The number of anilines is 1. The van der Waals surface area contributed by atoms with Crippen molar-refractivity contribution in [3.05, 3.63) is 28.3 Å². The predicted octanol–water partition coefficient (Wildman–Crippen LogP) is 0.982. The average molecular weight is 296 g/mol. The van der Waals surface area contributed by atoms with E-state index in [4.69, 9.17) is 14.2 Å². The van der Waals surface area contributed by atoms with Crippen LogP contribution in [0.3, 0.4) is 0 Å². The molecule has 2 rings (SSSR count). The second kappa shape index (κ2) is 6.40. The minimum atomic E-state index is -0.713. The minimum Gasteiger partial charge on any atom is -0.497 e. The number of carbonyl (C=O) groups is 1. The summed E-state index contributed by atoms with van der Waals surface area (Å²) in [5.74, 6) is -0.0162. The van der Waals surface area contributed by atoms with Crippen LogP contribution in [0, 0.1) is 10.1 Å². The van der Waals surface area contributed by atoms with Gasteiger partial charge in [0.2, 0.25) is 0 Å². The molecule has 0 aromatic heterocycles. The summed E-state index contributed by atoms with van der Waals surface area (Å²) < 4.78 is 15.1. The van der Waals surface area contributed by atoms with Crippen LogP contribution >= 0.6 is 0 Å². The lowest BCUT2D eigenvalue weighted by Crippen LogP contribution is -2.50. The van der Waals surface area contributed by atoms with Crippen molar-refractivity contribution in [2.45, 2.75) is 6.04 Å². The first kappa shape index (κ1) is 15.0. The van der Waals surface area contributed by atoms with Crippen molar-refractivity contribution in [3.8, 4) is 5.75 Å². The summed E-state index contributed by atoms with van der Waals surface area (Å²) in [5.41, 5.74) is 0.227. The molecule has 1 heterocycles. The minimum absolute atomic E-state index is 0.0911. The molecule has 0 spiro atoms. The molecule has 0 aliphatic carbocycles. The van der Waals surface area contributed by atoms with Gasteiger partial charge in [-0.2, -0.15) is 0 Å². The molecule has 0 N–H and O–H groups in total. The Morgan fingerprint density at radius 2 is 2.24 bits per heavy atom. The number of nitro groups is 1. The van der Waals surface area contributed by atoms with E-state index in [1.807, 2.05) is 0 Å². The summed E-state index contributed by atoms with van der Waals surface area (Å²) in [7, 11) is 2.75. The highest BCUT2D eigenvalue weighted by Gasteiger charge is 2.34. The topological polar surface area (TPSA) is 91.1 Å². The van der Waals surface area contributed by atoms with Crippen molar-refractivity contribution in [1.29, 1.82) is 0 Å². The van der Waals surface area contributed by atoms with Crippen molar-refractivity contribution in [2.24, 2.45) is 0 Å². The van der Waals surface area contributed by atoms with Gasteiger partial charge in [0.15, 0.2) is 6.04 Å². The van der Waals surface area contributed by atoms with E-state index in [2.05, 4.69) is 0 Å². The Bertz CT molecular complexity index is 547. The molecule has 1 aliphatic rings. The van der Waals surface area contributed by atoms with Gasteiger partial charge >= 0.3 is 5.97 Å². The smallest absolute Gasteiger partial charge is 0.330 e. The van der Waals surface area contributed by atoms with Gasteiger partial charge < -0.3 is 19.1 Å². The number of methoxy groups -OCH3 is 2. The monoisotopic (exact) mass is 296 g/mol. The lowest BCUT2D eigenvalue weighted by atomic mass is 10.1. The van der Waals surface area contributed by atoms with Crippen LogP contribution in [0.25, 0.3) is 0 Å². The third-order valence-corrected chi connectivity index (χ3v) is 3.29. The van der Waals surface area contributed by atoms with Crippen molar-refractivity contribution >= 4 is 17.3 Å². The maximum atomic E-state index is 11.8. The van der Waals surface area contributed by atoms with E-state index in [-0.39, 0.29) is 12.3 Å². The predicted molar refractivity (Wildman–Crippen MR) is 73.6 cm³/mol. The number of esters is 1. The zero-order chi connectivity index (χ0) is 15.4. The quantitative estimate of drug-likeness (QED) is 0.464. The maximum absolute atomic E-state index is 11.8. The fourth-order valence-electron chi connectivity index (χ4n) is 2.24. The van der Waals surface area contributed by atoms with Crippen molar-refractivity contribution in [2.75, 3.05) is 38.9 Å². The number of benzene rings is 1. The van der Waals surface area contributed by atoms with Crippen LogP contribution in [0.1, 0.15) is 0 Å². The van der Waals surface area contributed by atoms with Gasteiger partial charge in [-0.25, -0.2) is 4.79 Å². The third-order valence-electron chi connectivity index (χ3n) is 3.29. The highest BCUT2D eigenvalue weighted by molar-refractivity contribution is 5.82. The van der Waals surface area contributed by atoms with E-state index in [0.717, 1.165) is 0 Å². The molecule has 1 atom stereocenters. The molecule has 0 radical (unpaired) electrons. The molecule has 21 heavy (non-hydrogen) atoms. The number of nitro benzene ring substituents is 1. The van der Waals surface area contributed by atoms with E-state index < -0.39 is 16.9 Å². The Hall–Kier alpha value is -2.35. The van der Waals surface area contributed by atoms with Gasteiger partial charge in [-0.3, -0.25) is 10.1 Å². The molecule has 8 nitrogen and oxygen atoms in total. The van der Waals surface area contributed by atoms with Crippen molar-refractivity contribution in [1.82, 2.24) is 0 Å². The second-order valence-electron chi connectivity index (χ2n) is 4.42. The Morgan fingerprint density at radius 1 is 1.48 bits per heavy atom. The summed E-state index contributed by atoms with van der Waals surface area (Å²) in [6.45, 7) is 0.858. The zero-order valence-corrected chi connectivity index (χ0v) is 11.8. The highest BCUT2D eigenvalue weighted by atomic mass is 16.6. The van der Waals surface area contributed by atoms with Crippen LogP contribution < -0.4 is 9.64 Å². The zero-order valence-electron chi connectivity index (χ0n) is 11.8. The van der Waals surface area contributed by atoms with Gasteiger partial charge in [0.25, 0.3) is 5.69 Å². The summed E-state index contributed by atoms with van der Waals surface area (Å²) >= 11 is 0. The maximum Gasteiger partial charge on any atom is 0.330 e. The number of carbonyl (C=O) groups excluding carboxylic acids is 1. The normalized spacial score (nSPS) is 18.2. The van der Waals surface area contributed by atoms with E-state index in [0.29, 0.717) is 24.6 Å². The molecule has 8 heteroatoms. The fraction of sp³-hybridized carbons (Fsp3) is 0.462. The van der Waals surface area contributed by atoms with Crippen LogP contribution in [0.15, 0.2) is 18.2 Å². The lowest BCUT2D eigenvalue weighted by Gasteiger charge is -2.35. The number of ether oxygens (including phenoxy) is 3. The van der Waals surface area contributed by atoms with Gasteiger partial charge in [-0.05, 0) is 6.07 Å². The third kappa shape index (κ3) is 3.05. The summed E-state index contributed by atoms with van der Waals surface area (Å²) in [6, 6.07) is 3.70. The van der Waals surface area contributed by atoms with Gasteiger partial charge in [-0.15, -0.1) is 0 Å². The van der Waals surface area contributed by atoms with E-state index in [1.165, 1.54) is 26.4 Å². The highest BCUT2D eigenvalue weighted by Crippen LogP contribution is 2.34. The average Bonchev–Trinajstić information content (AvgIpc) is 2.53. The molecule has 1 fully saturated rings. The van der Waals surface area contributed by atoms with Crippen LogP contribution in [0.4, 0.5) is 11.4 Å². The largest absolute Gasteiger partial charge is 0.497 e. The molecule has 1 unspecified atom stereocenters. The van der Waals surface area contributed by atoms with Crippen LogP contribution in [-0.2, 0) is 14.3 Å². The number of rotatable bonds is 4. The molecule has 1 aliphatic heterocycles. The molecule has 114 valence electrons. The molecule has 1 aromatic carbocycles.